The topological polar surface area (TPSA) is 70.1 Å². The molecule has 1 aliphatic heterocycles. The monoisotopic (exact) mass is 325 g/mol. The Hall–Kier alpha value is -2.44. The van der Waals surface area contributed by atoms with E-state index in [0.717, 1.165) is 42.5 Å². The normalized spacial score (nSPS) is 20.2. The third-order valence-corrected chi connectivity index (χ3v) is 4.60. The largest absolute Gasteiger partial charge is 0.367 e. The summed E-state index contributed by atoms with van der Waals surface area (Å²) < 4.78 is 0. The second-order valence-corrected chi connectivity index (χ2v) is 6.74. The summed E-state index contributed by atoms with van der Waals surface area (Å²) in [6.45, 7) is 0.988. The van der Waals surface area contributed by atoms with Crippen LogP contribution in [0.2, 0.25) is 0 Å². The molecule has 1 saturated heterocycles. The number of nitrogens with one attached hydrogen (secondary N) is 1. The molecule has 7 nitrogen and oxygen atoms in total. The Morgan fingerprint density at radius 2 is 2.00 bits per heavy atom. The molecule has 2 aliphatic rings. The summed E-state index contributed by atoms with van der Waals surface area (Å²) in [4.78, 5) is 13.1. The number of nitrogens with zero attached hydrogens (tertiary/aromatic N) is 6. The van der Waals surface area contributed by atoms with Crippen molar-refractivity contribution in [3.05, 3.63) is 30.2 Å². The van der Waals surface area contributed by atoms with E-state index in [2.05, 4.69) is 42.5 Å². The number of hydrogen-bond acceptors (Lipinski definition) is 7. The van der Waals surface area contributed by atoms with Crippen molar-refractivity contribution in [2.75, 3.05) is 35.8 Å². The molecule has 7 heteroatoms. The first-order chi connectivity index (χ1) is 11.7. The first-order valence-corrected chi connectivity index (χ1v) is 8.57. The van der Waals surface area contributed by atoms with E-state index >= 15 is 0 Å². The molecule has 1 saturated carbocycles. The predicted molar refractivity (Wildman–Crippen MR) is 94.4 cm³/mol. The third-order valence-electron chi connectivity index (χ3n) is 4.60. The van der Waals surface area contributed by atoms with E-state index < -0.39 is 0 Å². The lowest BCUT2D eigenvalue weighted by molar-refractivity contribution is 0.671. The summed E-state index contributed by atoms with van der Waals surface area (Å²) >= 11 is 0. The van der Waals surface area contributed by atoms with E-state index in [9.17, 15) is 0 Å². The summed E-state index contributed by atoms with van der Waals surface area (Å²) in [5.74, 6) is 2.76. The molecular weight excluding hydrogens is 302 g/mol. The van der Waals surface area contributed by atoms with Crippen LogP contribution in [0.4, 0.5) is 17.5 Å². The molecule has 1 N–H and O–H groups in total. The van der Waals surface area contributed by atoms with Crippen LogP contribution in [-0.2, 0) is 0 Å². The third kappa shape index (κ3) is 3.11. The van der Waals surface area contributed by atoms with Crippen LogP contribution in [0.3, 0.4) is 0 Å². The second kappa shape index (κ2) is 6.22. The van der Waals surface area contributed by atoms with Crippen molar-refractivity contribution < 1.29 is 0 Å². The van der Waals surface area contributed by atoms with E-state index in [1.165, 1.54) is 12.8 Å². The maximum Gasteiger partial charge on any atom is 0.150 e. The minimum Gasteiger partial charge on any atom is -0.367 e. The van der Waals surface area contributed by atoms with E-state index in [1.54, 1.807) is 6.33 Å². The van der Waals surface area contributed by atoms with Gasteiger partial charge in [0, 0.05) is 32.7 Å². The standard InChI is InChI=1S/C17H23N7/c1-23(2)16-8-7-13(21-22-16)14-4-3-9-24(14)17-10-15(18-11-19-17)20-12-5-6-12/h7-8,10-12,14H,3-6,9H2,1-2H3,(H,18,19,20). The van der Waals surface area contributed by atoms with Crippen molar-refractivity contribution in [3.63, 3.8) is 0 Å². The first kappa shape index (κ1) is 15.1. The molecular formula is C17H23N7. The average molecular weight is 325 g/mol. The Bertz CT molecular complexity index is 696. The van der Waals surface area contributed by atoms with Crippen LogP contribution in [0.1, 0.15) is 37.4 Å². The fraction of sp³-hybridized carbons (Fsp3) is 0.529. The Balaban J connectivity index is 1.55. The van der Waals surface area contributed by atoms with E-state index in [4.69, 9.17) is 0 Å². The van der Waals surface area contributed by atoms with Crippen molar-refractivity contribution >= 4 is 17.5 Å². The van der Waals surface area contributed by atoms with Crippen LogP contribution < -0.4 is 15.1 Å². The van der Waals surface area contributed by atoms with Gasteiger partial charge < -0.3 is 15.1 Å². The molecule has 1 aliphatic carbocycles. The number of rotatable bonds is 5. The molecule has 3 heterocycles. The molecule has 2 fully saturated rings. The lowest BCUT2D eigenvalue weighted by atomic mass is 10.1. The van der Waals surface area contributed by atoms with Crippen molar-refractivity contribution in [2.24, 2.45) is 0 Å². The molecule has 0 amide bonds. The molecule has 0 radical (unpaired) electrons. The van der Waals surface area contributed by atoms with Gasteiger partial charge in [0.25, 0.3) is 0 Å². The molecule has 4 rings (SSSR count). The van der Waals surface area contributed by atoms with Crippen LogP contribution >= 0.6 is 0 Å². The van der Waals surface area contributed by atoms with Gasteiger partial charge in [-0.15, -0.1) is 5.10 Å². The summed E-state index contributed by atoms with van der Waals surface area (Å²) in [6, 6.07) is 6.98. The molecule has 1 atom stereocenters. The molecule has 0 aromatic carbocycles. The minimum atomic E-state index is 0.234. The van der Waals surface area contributed by atoms with E-state index in [1.807, 2.05) is 25.1 Å². The summed E-state index contributed by atoms with van der Waals surface area (Å²) in [7, 11) is 3.95. The van der Waals surface area contributed by atoms with Gasteiger partial charge in [-0.25, -0.2) is 9.97 Å². The zero-order valence-electron chi connectivity index (χ0n) is 14.2. The Labute approximate surface area is 142 Å². The molecule has 24 heavy (non-hydrogen) atoms. The van der Waals surface area contributed by atoms with Crippen LogP contribution in [0.25, 0.3) is 0 Å². The van der Waals surface area contributed by atoms with Crippen LogP contribution in [-0.4, -0.2) is 46.8 Å². The van der Waals surface area contributed by atoms with Crippen molar-refractivity contribution in [1.82, 2.24) is 20.2 Å². The highest BCUT2D eigenvalue weighted by atomic mass is 15.3. The molecule has 2 aromatic heterocycles. The van der Waals surface area contributed by atoms with Crippen LogP contribution in [0.5, 0.6) is 0 Å². The predicted octanol–water partition coefficient (Wildman–Crippen LogP) is 2.25. The Kier molecular flexibility index (Phi) is 3.92. The van der Waals surface area contributed by atoms with Crippen LogP contribution in [0, 0.1) is 0 Å². The summed E-state index contributed by atoms with van der Waals surface area (Å²) in [5, 5.41) is 12.2. The fourth-order valence-electron chi connectivity index (χ4n) is 3.12. The maximum absolute atomic E-state index is 4.49. The lowest BCUT2D eigenvalue weighted by Crippen LogP contribution is -2.25. The van der Waals surface area contributed by atoms with Crippen molar-refractivity contribution in [3.8, 4) is 0 Å². The fourth-order valence-corrected chi connectivity index (χ4v) is 3.12. The van der Waals surface area contributed by atoms with Gasteiger partial charge in [-0.2, -0.15) is 5.10 Å². The quantitative estimate of drug-likeness (QED) is 0.904. The summed E-state index contributed by atoms with van der Waals surface area (Å²) in [6.07, 6.45) is 6.33. The molecule has 2 aromatic rings. The molecule has 1 unspecified atom stereocenters. The molecule has 0 bridgehead atoms. The van der Waals surface area contributed by atoms with Crippen molar-refractivity contribution in [2.45, 2.75) is 37.8 Å². The van der Waals surface area contributed by atoms with Gasteiger partial charge in [-0.3, -0.25) is 0 Å². The van der Waals surface area contributed by atoms with Gasteiger partial charge in [0.2, 0.25) is 0 Å². The number of aromatic nitrogens is 4. The minimum absolute atomic E-state index is 0.234. The van der Waals surface area contributed by atoms with Crippen molar-refractivity contribution in [1.29, 1.82) is 0 Å². The first-order valence-electron chi connectivity index (χ1n) is 8.57. The molecule has 126 valence electrons. The van der Waals surface area contributed by atoms with Crippen LogP contribution in [0.15, 0.2) is 24.5 Å². The van der Waals surface area contributed by atoms with Gasteiger partial charge in [0.05, 0.1) is 11.7 Å². The summed E-state index contributed by atoms with van der Waals surface area (Å²) in [5.41, 5.74) is 1.01. The highest BCUT2D eigenvalue weighted by molar-refractivity contribution is 5.51. The Morgan fingerprint density at radius 1 is 1.12 bits per heavy atom. The van der Waals surface area contributed by atoms with Gasteiger partial charge in [-0.1, -0.05) is 0 Å². The smallest absolute Gasteiger partial charge is 0.150 e. The van der Waals surface area contributed by atoms with E-state index in [-0.39, 0.29) is 6.04 Å². The van der Waals surface area contributed by atoms with Gasteiger partial charge >= 0.3 is 0 Å². The second-order valence-electron chi connectivity index (χ2n) is 6.74. The van der Waals surface area contributed by atoms with Gasteiger partial charge in [-0.05, 0) is 37.8 Å². The van der Waals surface area contributed by atoms with E-state index in [0.29, 0.717) is 6.04 Å². The average Bonchev–Trinajstić information content (AvgIpc) is 3.27. The zero-order valence-corrected chi connectivity index (χ0v) is 14.2. The van der Waals surface area contributed by atoms with Gasteiger partial charge in [0.1, 0.15) is 18.0 Å². The SMILES string of the molecule is CN(C)c1ccc(C2CCCN2c2cc(NC3CC3)ncn2)nn1. The maximum atomic E-state index is 4.49. The number of anilines is 3. The number of hydrogen-bond donors (Lipinski definition) is 1. The molecule has 0 spiro atoms. The lowest BCUT2D eigenvalue weighted by Gasteiger charge is -2.25. The highest BCUT2D eigenvalue weighted by Gasteiger charge is 2.29. The highest BCUT2D eigenvalue weighted by Crippen LogP contribution is 2.35. The Morgan fingerprint density at radius 3 is 2.71 bits per heavy atom. The van der Waals surface area contributed by atoms with Gasteiger partial charge in [0.15, 0.2) is 5.82 Å². The zero-order chi connectivity index (χ0) is 16.5.